The highest BCUT2D eigenvalue weighted by Crippen LogP contribution is 2.41. The minimum atomic E-state index is -3.82. The summed E-state index contributed by atoms with van der Waals surface area (Å²) in [5.41, 5.74) is 6.76. The lowest BCUT2D eigenvalue weighted by molar-refractivity contribution is 0.123. The third kappa shape index (κ3) is 5.22. The number of aromatic nitrogens is 4. The van der Waals surface area contributed by atoms with Crippen LogP contribution in [-0.4, -0.2) is 55.2 Å². The number of fused-ring (bicyclic) bond motifs is 1. The van der Waals surface area contributed by atoms with E-state index in [0.29, 0.717) is 23.5 Å². The lowest BCUT2D eigenvalue weighted by Gasteiger charge is -2.13. The molecule has 2 atom stereocenters. The lowest BCUT2D eigenvalue weighted by atomic mass is 10.3. The van der Waals surface area contributed by atoms with E-state index in [4.69, 9.17) is 20.1 Å². The van der Waals surface area contributed by atoms with E-state index < -0.39 is 20.0 Å². The highest BCUT2D eigenvalue weighted by atomic mass is 31.2. The SMILES string of the molecule is CC(O)CCOP(=O)(O)COCCn1cnc2c(N)ncnc21. The fourth-order valence-corrected chi connectivity index (χ4v) is 2.63. The second kappa shape index (κ2) is 7.80. The molecule has 10 nitrogen and oxygen atoms in total. The molecule has 0 amide bonds. The van der Waals surface area contributed by atoms with Gasteiger partial charge in [0.15, 0.2) is 11.5 Å². The van der Waals surface area contributed by atoms with E-state index in [1.54, 1.807) is 17.8 Å². The van der Waals surface area contributed by atoms with Crippen LogP contribution < -0.4 is 5.73 Å². The third-order valence-corrected chi connectivity index (χ3v) is 4.08. The smallest absolute Gasteiger partial charge is 0.353 e. The molecule has 0 aromatic carbocycles. The summed E-state index contributed by atoms with van der Waals surface area (Å²) >= 11 is 0. The van der Waals surface area contributed by atoms with Crippen LogP contribution in [0.1, 0.15) is 13.3 Å². The van der Waals surface area contributed by atoms with Crippen molar-refractivity contribution in [3.8, 4) is 0 Å². The molecular formula is C12H20N5O5P. The van der Waals surface area contributed by atoms with Crippen molar-refractivity contribution >= 4 is 24.6 Å². The monoisotopic (exact) mass is 345 g/mol. The normalized spacial score (nSPS) is 15.6. The summed E-state index contributed by atoms with van der Waals surface area (Å²) in [6.07, 6.45) is 2.18. The van der Waals surface area contributed by atoms with Crippen LogP contribution in [0.2, 0.25) is 0 Å². The standard InChI is InChI=1S/C12H20N5O5P/c1-9(18)2-4-22-23(19,20)8-21-5-3-17-7-16-10-11(13)14-6-15-12(10)17/h6-7,9,18H,2-5,8H2,1H3,(H,19,20)(H2,13,14,15). The summed E-state index contributed by atoms with van der Waals surface area (Å²) in [5.74, 6) is 0.293. The summed E-state index contributed by atoms with van der Waals surface area (Å²) in [4.78, 5) is 21.6. The number of hydrogen-bond acceptors (Lipinski definition) is 8. The minimum Gasteiger partial charge on any atom is -0.393 e. The number of imidazole rings is 1. The first-order valence-corrected chi connectivity index (χ1v) is 8.79. The molecule has 2 aromatic rings. The Hall–Kier alpha value is -1.58. The molecule has 2 heterocycles. The Balaban J connectivity index is 1.78. The molecule has 4 N–H and O–H groups in total. The van der Waals surface area contributed by atoms with E-state index in [9.17, 15) is 9.46 Å². The molecule has 23 heavy (non-hydrogen) atoms. The Bertz CT molecular complexity index is 692. The van der Waals surface area contributed by atoms with Gasteiger partial charge < -0.3 is 29.6 Å². The van der Waals surface area contributed by atoms with E-state index in [-0.39, 0.29) is 19.6 Å². The van der Waals surface area contributed by atoms with E-state index in [1.807, 2.05) is 0 Å². The first-order chi connectivity index (χ1) is 10.9. The zero-order valence-corrected chi connectivity index (χ0v) is 13.6. The van der Waals surface area contributed by atoms with Gasteiger partial charge in [-0.15, -0.1) is 0 Å². The van der Waals surface area contributed by atoms with Crippen LogP contribution in [0.15, 0.2) is 12.7 Å². The maximum Gasteiger partial charge on any atom is 0.353 e. The molecule has 0 saturated heterocycles. The highest BCUT2D eigenvalue weighted by Gasteiger charge is 2.19. The summed E-state index contributed by atoms with van der Waals surface area (Å²) in [5, 5.41) is 9.06. The number of hydrogen-bond donors (Lipinski definition) is 3. The molecule has 2 unspecified atom stereocenters. The Kier molecular flexibility index (Phi) is 6.03. The molecule has 0 radical (unpaired) electrons. The van der Waals surface area contributed by atoms with E-state index >= 15 is 0 Å². The van der Waals surface area contributed by atoms with Crippen molar-refractivity contribution in [1.82, 2.24) is 19.5 Å². The Morgan fingerprint density at radius 1 is 1.39 bits per heavy atom. The van der Waals surface area contributed by atoms with Crippen LogP contribution in [0, 0.1) is 0 Å². The van der Waals surface area contributed by atoms with E-state index in [0.717, 1.165) is 0 Å². The van der Waals surface area contributed by atoms with Crippen molar-refractivity contribution < 1.29 is 23.8 Å². The van der Waals surface area contributed by atoms with Crippen LogP contribution in [-0.2, 0) is 20.4 Å². The molecule has 0 fully saturated rings. The molecular weight excluding hydrogens is 325 g/mol. The number of nitrogen functional groups attached to an aromatic ring is 1. The quantitative estimate of drug-likeness (QED) is 0.433. The lowest BCUT2D eigenvalue weighted by Crippen LogP contribution is -2.09. The number of aliphatic hydroxyl groups excluding tert-OH is 1. The number of anilines is 1. The molecule has 0 bridgehead atoms. The predicted octanol–water partition coefficient (Wildman–Crippen LogP) is 0.355. The largest absolute Gasteiger partial charge is 0.393 e. The Labute approximate surface area is 132 Å². The van der Waals surface area contributed by atoms with Gasteiger partial charge in [0.25, 0.3) is 0 Å². The number of rotatable bonds is 9. The van der Waals surface area contributed by atoms with Gasteiger partial charge in [-0.3, -0.25) is 4.57 Å². The van der Waals surface area contributed by atoms with Gasteiger partial charge in [0.05, 0.1) is 25.6 Å². The third-order valence-electron chi connectivity index (χ3n) is 2.99. The molecule has 2 aromatic heterocycles. The van der Waals surface area contributed by atoms with Gasteiger partial charge in [-0.1, -0.05) is 0 Å². The minimum absolute atomic E-state index is 0.00282. The second-order valence-electron chi connectivity index (χ2n) is 5.01. The maximum absolute atomic E-state index is 11.7. The molecule has 0 spiro atoms. The van der Waals surface area contributed by atoms with E-state index in [2.05, 4.69) is 15.0 Å². The van der Waals surface area contributed by atoms with Gasteiger partial charge in [-0.2, -0.15) is 0 Å². The summed E-state index contributed by atoms with van der Waals surface area (Å²) in [6.45, 7) is 2.14. The maximum atomic E-state index is 11.7. The molecule has 11 heteroatoms. The second-order valence-corrected chi connectivity index (χ2v) is 6.81. The van der Waals surface area contributed by atoms with Crippen molar-refractivity contribution in [1.29, 1.82) is 0 Å². The van der Waals surface area contributed by atoms with Crippen LogP contribution >= 0.6 is 7.60 Å². The van der Waals surface area contributed by atoms with Crippen molar-refractivity contribution in [2.75, 3.05) is 25.3 Å². The predicted molar refractivity (Wildman–Crippen MR) is 82.6 cm³/mol. The van der Waals surface area contributed by atoms with Gasteiger partial charge in [0.1, 0.15) is 18.2 Å². The Morgan fingerprint density at radius 3 is 2.91 bits per heavy atom. The van der Waals surface area contributed by atoms with Gasteiger partial charge in [0, 0.05) is 6.54 Å². The van der Waals surface area contributed by atoms with E-state index in [1.165, 1.54) is 6.33 Å². The zero-order valence-electron chi connectivity index (χ0n) is 12.7. The first-order valence-electron chi connectivity index (χ1n) is 7.02. The number of ether oxygens (including phenoxy) is 1. The number of nitrogens with two attached hydrogens (primary N) is 1. The molecule has 2 rings (SSSR count). The molecule has 128 valence electrons. The fraction of sp³-hybridized carbons (Fsp3) is 0.583. The van der Waals surface area contributed by atoms with Crippen molar-refractivity contribution in [3.05, 3.63) is 12.7 Å². The van der Waals surface area contributed by atoms with Crippen LogP contribution in [0.3, 0.4) is 0 Å². The highest BCUT2D eigenvalue weighted by molar-refractivity contribution is 7.52. The van der Waals surface area contributed by atoms with Crippen molar-refractivity contribution in [2.24, 2.45) is 0 Å². The Morgan fingerprint density at radius 2 is 2.17 bits per heavy atom. The summed E-state index contributed by atoms with van der Waals surface area (Å²) in [6, 6.07) is 0. The van der Waals surface area contributed by atoms with Crippen LogP contribution in [0.5, 0.6) is 0 Å². The van der Waals surface area contributed by atoms with Crippen LogP contribution in [0.4, 0.5) is 5.82 Å². The first kappa shape index (κ1) is 17.8. The zero-order chi connectivity index (χ0) is 16.9. The van der Waals surface area contributed by atoms with Gasteiger partial charge in [-0.25, -0.2) is 15.0 Å². The molecule has 0 aliphatic rings. The van der Waals surface area contributed by atoms with Gasteiger partial charge in [-0.05, 0) is 13.3 Å². The molecule has 0 saturated carbocycles. The van der Waals surface area contributed by atoms with Crippen molar-refractivity contribution in [3.63, 3.8) is 0 Å². The topological polar surface area (TPSA) is 146 Å². The summed E-state index contributed by atoms with van der Waals surface area (Å²) in [7, 11) is -3.82. The number of nitrogens with zero attached hydrogens (tertiary/aromatic N) is 4. The average Bonchev–Trinajstić information content (AvgIpc) is 2.88. The van der Waals surface area contributed by atoms with Gasteiger partial charge >= 0.3 is 7.60 Å². The van der Waals surface area contributed by atoms with Crippen molar-refractivity contribution in [2.45, 2.75) is 26.0 Å². The summed E-state index contributed by atoms with van der Waals surface area (Å²) < 4.78 is 23.4. The fourth-order valence-electron chi connectivity index (χ4n) is 1.81. The van der Waals surface area contributed by atoms with Crippen LogP contribution in [0.25, 0.3) is 11.2 Å². The molecule has 0 aliphatic heterocycles. The number of aliphatic hydroxyl groups is 1. The van der Waals surface area contributed by atoms with Gasteiger partial charge in [0.2, 0.25) is 0 Å². The average molecular weight is 345 g/mol. The molecule has 0 aliphatic carbocycles.